The second-order valence-electron chi connectivity index (χ2n) is 24.2. The lowest BCUT2D eigenvalue weighted by Gasteiger charge is -2.43. The number of Topliss-reactive ketones (excluding diaryl/α,β-unsaturated/α-hetero) is 3. The van der Waals surface area contributed by atoms with Gasteiger partial charge in [-0.3, -0.25) is 28.8 Å². The number of esters is 3. The maximum Gasteiger partial charge on any atom is 0.329 e. The number of allylic oxidation sites excluding steroid dienone is 6. The van der Waals surface area contributed by atoms with Crippen LogP contribution in [0.3, 0.4) is 0 Å². The molecule has 2 N–H and O–H groups in total. The molecule has 0 aromatic rings. The first-order valence-corrected chi connectivity index (χ1v) is 28.7. The van der Waals surface area contributed by atoms with Crippen molar-refractivity contribution in [2.75, 3.05) is 40.6 Å². The fourth-order valence-corrected chi connectivity index (χ4v) is 11.9. The molecule has 1 saturated carbocycles. The first-order valence-electron chi connectivity index (χ1n) is 28.7. The third kappa shape index (κ3) is 17.3. The molecular weight excluding hydrogens is 1020 g/mol. The number of aliphatic hydroxyl groups is 2. The number of fused-ring (bicyclic) bond motifs is 3. The maximum atomic E-state index is 14.7. The topological polar surface area (TPSA) is 237 Å². The molecule has 2 bridgehead atoms. The summed E-state index contributed by atoms with van der Waals surface area (Å²) in [7, 11) is 3.12. The molecule has 4 aliphatic heterocycles. The van der Waals surface area contributed by atoms with Crippen LogP contribution in [0.4, 0.5) is 0 Å². The fraction of sp³-hybridized carbons (Fsp3) is 0.754. The number of ether oxygens (including phenoxy) is 8. The lowest BCUT2D eigenvalue weighted by Crippen LogP contribution is -2.61. The van der Waals surface area contributed by atoms with Crippen molar-refractivity contribution in [3.63, 3.8) is 0 Å². The van der Waals surface area contributed by atoms with Crippen molar-refractivity contribution in [2.24, 2.45) is 46.8 Å². The Balaban J connectivity index is 1.47. The quantitative estimate of drug-likeness (QED) is 0.128. The van der Waals surface area contributed by atoms with Gasteiger partial charge in [0, 0.05) is 58.3 Å². The zero-order valence-electron chi connectivity index (χ0n) is 49.3. The Morgan fingerprint density at radius 2 is 1.54 bits per heavy atom. The van der Waals surface area contributed by atoms with Crippen molar-refractivity contribution >= 4 is 41.2 Å². The molecular formula is C61H93NO17. The largest absolute Gasteiger partial charge is 0.461 e. The van der Waals surface area contributed by atoms with Gasteiger partial charge in [-0.25, -0.2) is 4.79 Å². The number of hydrogen-bond acceptors (Lipinski definition) is 17. The highest BCUT2D eigenvalue weighted by atomic mass is 16.7. The lowest BCUT2D eigenvalue weighted by molar-refractivity contribution is -0.283. The predicted octanol–water partition coefficient (Wildman–Crippen LogP) is 7.69. The summed E-state index contributed by atoms with van der Waals surface area (Å²) < 4.78 is 47.8. The number of nitrogens with zero attached hydrogens (tertiary/aromatic N) is 1. The van der Waals surface area contributed by atoms with Gasteiger partial charge in [0.05, 0.1) is 44.1 Å². The van der Waals surface area contributed by atoms with Crippen molar-refractivity contribution in [1.29, 1.82) is 0 Å². The Morgan fingerprint density at radius 1 is 0.848 bits per heavy atom. The summed E-state index contributed by atoms with van der Waals surface area (Å²) in [6.07, 6.45) is 11.3. The van der Waals surface area contributed by atoms with Gasteiger partial charge >= 0.3 is 17.9 Å². The lowest BCUT2D eigenvalue weighted by atomic mass is 9.78. The SMILES string of the molecule is CO[C@H]1C[C@@H]2CC[C@@H](C)[C@@](O)(O2)C(=O)C(=O)N2CCCC[C@H]2C(=O)O[C@H]([C@H](C)C[C@@H]2CC[C@@H](OC(=O)C3(C)COC(C)(C)OC3)[C@H](OC)C2)CC(=O)/C(C)=C/C(C)[C@@H](OC(C)=O)[C@@H](CO)C(=O)[C@H](C)C[C@H](C)C=CC=CC=C1C. The number of aliphatic hydroxyl groups excluding tert-OH is 1. The van der Waals surface area contributed by atoms with E-state index in [4.69, 9.17) is 37.9 Å². The van der Waals surface area contributed by atoms with E-state index >= 15 is 0 Å². The highest BCUT2D eigenvalue weighted by Crippen LogP contribution is 2.39. The van der Waals surface area contributed by atoms with Crippen molar-refractivity contribution < 1.29 is 81.7 Å². The molecule has 0 aromatic heterocycles. The average Bonchev–Trinajstić information content (AvgIpc) is 3.43. The first-order chi connectivity index (χ1) is 37.2. The average molecular weight is 1110 g/mol. The molecule has 5 rings (SSSR count). The molecule has 1 unspecified atom stereocenters. The minimum absolute atomic E-state index is 0.0186. The number of hydrogen-bond donors (Lipinski definition) is 2. The standard InChI is InChI=1S/C61H93NO17/c1-36-19-15-14-16-20-37(2)50(72-12)31-45-24-22-42(7)61(71,79-45)55(67)56(68)62-26-18-17-21-47(62)57(69)77-51(32-48(65)38(3)28-41(6)54(76-43(8)64)46(33-63)53(66)40(5)27-36)39(4)29-44-23-25-49(52(30-44)73-13)78-58(70)60(11)34-74-59(9,10)75-35-60/h14-16,19-20,28,36,39-42,44-47,49-52,54,63,71H,17-18,21-27,29-35H2,1-13H3/b16-14?,19-15?,37-20?,38-28+/t36-,39-,40-,41?,42-,44+,45+,46+,47+,49-,50+,51+,52-,54-,61-/m1/s1. The van der Waals surface area contributed by atoms with E-state index < -0.39 is 131 Å². The van der Waals surface area contributed by atoms with Crippen molar-refractivity contribution in [2.45, 2.75) is 207 Å². The monoisotopic (exact) mass is 1110 g/mol. The van der Waals surface area contributed by atoms with Crippen LogP contribution in [0.25, 0.3) is 0 Å². The third-order valence-electron chi connectivity index (χ3n) is 17.1. The number of ketones is 3. The van der Waals surface area contributed by atoms with Gasteiger partial charge in [-0.1, -0.05) is 71.1 Å². The molecule has 18 nitrogen and oxygen atoms in total. The van der Waals surface area contributed by atoms with Crippen LogP contribution in [0, 0.1) is 46.8 Å². The number of amides is 1. The van der Waals surface area contributed by atoms with E-state index in [2.05, 4.69) is 0 Å². The van der Waals surface area contributed by atoms with Crippen LogP contribution in [-0.4, -0.2) is 151 Å². The molecule has 3 saturated heterocycles. The van der Waals surface area contributed by atoms with Gasteiger partial charge < -0.3 is 53.0 Å². The second-order valence-corrected chi connectivity index (χ2v) is 24.2. The molecule has 15 atom stereocenters. The summed E-state index contributed by atoms with van der Waals surface area (Å²) in [6.45, 7) is 18.7. The normalized spacial score (nSPS) is 36.2. The van der Waals surface area contributed by atoms with E-state index in [0.717, 1.165) is 5.57 Å². The molecule has 4 heterocycles. The number of methoxy groups -OCH3 is 2. The molecule has 0 aromatic carbocycles. The van der Waals surface area contributed by atoms with Crippen LogP contribution in [0.15, 0.2) is 47.6 Å². The van der Waals surface area contributed by atoms with Crippen LogP contribution in [-0.2, 0) is 71.5 Å². The minimum atomic E-state index is -2.48. The molecule has 444 valence electrons. The van der Waals surface area contributed by atoms with Crippen LogP contribution in [0.5, 0.6) is 0 Å². The second kappa shape index (κ2) is 29.0. The minimum Gasteiger partial charge on any atom is -0.461 e. The summed E-state index contributed by atoms with van der Waals surface area (Å²) in [4.78, 5) is 99.5. The number of carbonyl (C=O) groups is 7. The first kappa shape index (κ1) is 65.4. The van der Waals surface area contributed by atoms with Gasteiger partial charge in [-0.05, 0) is 128 Å². The summed E-state index contributed by atoms with van der Waals surface area (Å²) in [6, 6.07) is -1.21. The molecule has 18 heteroatoms. The molecule has 5 aliphatic rings. The molecule has 4 fully saturated rings. The zero-order valence-corrected chi connectivity index (χ0v) is 49.3. The van der Waals surface area contributed by atoms with Gasteiger partial charge in [-0.2, -0.15) is 0 Å². The van der Waals surface area contributed by atoms with E-state index in [1.807, 2.05) is 51.2 Å². The number of piperidine rings is 1. The number of rotatable bonds is 9. The van der Waals surface area contributed by atoms with Crippen molar-refractivity contribution in [3.05, 3.63) is 47.6 Å². The van der Waals surface area contributed by atoms with Crippen LogP contribution >= 0.6 is 0 Å². The van der Waals surface area contributed by atoms with Crippen LogP contribution < -0.4 is 0 Å². The molecule has 79 heavy (non-hydrogen) atoms. The molecule has 0 spiro atoms. The fourth-order valence-electron chi connectivity index (χ4n) is 11.9. The third-order valence-corrected chi connectivity index (χ3v) is 17.1. The highest BCUT2D eigenvalue weighted by molar-refractivity contribution is 6.39. The van der Waals surface area contributed by atoms with E-state index in [9.17, 15) is 43.8 Å². The summed E-state index contributed by atoms with van der Waals surface area (Å²) in [5.74, 6) is -11.8. The number of cyclic esters (lactones) is 1. The Bertz CT molecular complexity index is 2260. The Labute approximate surface area is 468 Å². The van der Waals surface area contributed by atoms with E-state index in [0.29, 0.717) is 57.8 Å². The summed E-state index contributed by atoms with van der Waals surface area (Å²) in [5, 5.41) is 22.8. The van der Waals surface area contributed by atoms with Gasteiger partial charge in [0.1, 0.15) is 35.6 Å². The molecule has 1 amide bonds. The van der Waals surface area contributed by atoms with Gasteiger partial charge in [0.25, 0.3) is 11.7 Å². The smallest absolute Gasteiger partial charge is 0.329 e. The van der Waals surface area contributed by atoms with E-state index in [1.54, 1.807) is 68.8 Å². The van der Waals surface area contributed by atoms with E-state index in [-0.39, 0.29) is 62.2 Å². The molecule has 1 aliphatic carbocycles. The van der Waals surface area contributed by atoms with Crippen LogP contribution in [0.1, 0.15) is 153 Å². The van der Waals surface area contributed by atoms with Crippen molar-refractivity contribution in [3.8, 4) is 0 Å². The summed E-state index contributed by atoms with van der Waals surface area (Å²) in [5.41, 5.74) is 0.0854. The van der Waals surface area contributed by atoms with Crippen LogP contribution in [0.2, 0.25) is 0 Å². The predicted molar refractivity (Wildman–Crippen MR) is 292 cm³/mol. The molecule has 0 radical (unpaired) electrons. The highest BCUT2D eigenvalue weighted by Gasteiger charge is 2.53. The van der Waals surface area contributed by atoms with Gasteiger partial charge in [0.15, 0.2) is 11.6 Å². The zero-order chi connectivity index (χ0) is 58.6. The van der Waals surface area contributed by atoms with E-state index in [1.165, 1.54) is 11.8 Å². The Morgan fingerprint density at radius 3 is 2.19 bits per heavy atom. The van der Waals surface area contributed by atoms with Crippen molar-refractivity contribution in [1.82, 2.24) is 4.90 Å². The Hall–Kier alpha value is -4.43. The maximum absolute atomic E-state index is 14.7. The van der Waals surface area contributed by atoms with Gasteiger partial charge in [-0.15, -0.1) is 0 Å². The number of carbonyl (C=O) groups excluding carboxylic acids is 7. The summed E-state index contributed by atoms with van der Waals surface area (Å²) >= 11 is 0. The van der Waals surface area contributed by atoms with Gasteiger partial charge in [0.2, 0.25) is 5.79 Å². The Kier molecular flexibility index (Phi) is 24.0.